The molecule has 39 heavy (non-hydrogen) atoms. The summed E-state index contributed by atoms with van der Waals surface area (Å²) >= 11 is 0. The summed E-state index contributed by atoms with van der Waals surface area (Å²) in [5, 5.41) is 51.6. The molecule has 0 aromatic carbocycles. The molecule has 1 heterocycles. The second-order valence-corrected chi connectivity index (χ2v) is 13.9. The minimum Gasteiger partial charge on any atom is -0.394 e. The van der Waals surface area contributed by atoms with Gasteiger partial charge >= 0.3 is 0 Å². The first kappa shape index (κ1) is 30.9. The van der Waals surface area contributed by atoms with E-state index in [4.69, 9.17) is 4.74 Å². The molecule has 5 N–H and O–H groups in total. The van der Waals surface area contributed by atoms with Crippen molar-refractivity contribution < 1.29 is 30.3 Å². The summed E-state index contributed by atoms with van der Waals surface area (Å²) in [6, 6.07) is 0. The highest BCUT2D eigenvalue weighted by atomic mass is 16.5. The average molecular weight is 547 g/mol. The monoisotopic (exact) mass is 546 g/mol. The van der Waals surface area contributed by atoms with Crippen LogP contribution in [0.2, 0.25) is 0 Å². The minimum absolute atomic E-state index is 0.349. The summed E-state index contributed by atoms with van der Waals surface area (Å²) in [7, 11) is 0. The molecule has 0 amide bonds. The summed E-state index contributed by atoms with van der Waals surface area (Å²) in [5.74, 6) is 2.49. The van der Waals surface area contributed by atoms with Gasteiger partial charge in [-0.3, -0.25) is 0 Å². The standard InChI is InChI=1S/C33H54O6/c1-19(2)8-6-9-20(3)26-13-14-27-22(10-7-15-33(26,27)5)11-12-23-16-24(35)17-25(21(23)4)32-31(38)30(37)29(36)28(18-34)39-32/h11-12,19-20,24-32,34-38H,4,6-10,13-18H2,1-3,5H3/b22-11?,23-12-/t20-,24-,25+,26-,27?,28-,29+,30+,31-,32+,33-/m1/s1. The summed E-state index contributed by atoms with van der Waals surface area (Å²) in [4.78, 5) is 0. The van der Waals surface area contributed by atoms with E-state index < -0.39 is 49.1 Å². The Labute approximate surface area is 235 Å². The summed E-state index contributed by atoms with van der Waals surface area (Å²) in [6.45, 7) is 13.5. The largest absolute Gasteiger partial charge is 0.394 e. The quantitative estimate of drug-likeness (QED) is 0.302. The van der Waals surface area contributed by atoms with Crippen molar-refractivity contribution in [2.75, 3.05) is 6.61 Å². The third kappa shape index (κ3) is 6.42. The average Bonchev–Trinajstić information content (AvgIpc) is 3.25. The van der Waals surface area contributed by atoms with Crippen molar-refractivity contribution in [1.82, 2.24) is 0 Å². The van der Waals surface area contributed by atoms with Gasteiger partial charge in [-0.15, -0.1) is 0 Å². The molecule has 1 saturated heterocycles. The molecule has 3 saturated carbocycles. The number of hydrogen-bond donors (Lipinski definition) is 5. The maximum Gasteiger partial charge on any atom is 0.111 e. The molecular weight excluding hydrogens is 492 g/mol. The number of hydrogen-bond acceptors (Lipinski definition) is 6. The fraction of sp³-hybridized carbons (Fsp3) is 0.818. The highest BCUT2D eigenvalue weighted by molar-refractivity contribution is 5.39. The predicted octanol–water partition coefficient (Wildman–Crippen LogP) is 4.69. The lowest BCUT2D eigenvalue weighted by Crippen LogP contribution is -2.61. The van der Waals surface area contributed by atoms with E-state index in [-0.39, 0.29) is 0 Å². The summed E-state index contributed by atoms with van der Waals surface area (Å²) in [5.41, 5.74) is 3.61. The third-order valence-electron chi connectivity index (χ3n) is 10.8. The van der Waals surface area contributed by atoms with E-state index in [1.54, 1.807) is 0 Å². The first-order valence-electron chi connectivity index (χ1n) is 15.5. The van der Waals surface area contributed by atoms with Crippen molar-refractivity contribution in [3.63, 3.8) is 0 Å². The Morgan fingerprint density at radius 3 is 2.46 bits per heavy atom. The predicted molar refractivity (Wildman–Crippen MR) is 154 cm³/mol. The van der Waals surface area contributed by atoms with E-state index in [2.05, 4.69) is 46.4 Å². The van der Waals surface area contributed by atoms with Crippen molar-refractivity contribution in [3.05, 3.63) is 35.5 Å². The van der Waals surface area contributed by atoms with Crippen LogP contribution in [-0.2, 0) is 4.74 Å². The minimum atomic E-state index is -1.43. The van der Waals surface area contributed by atoms with Crippen LogP contribution in [0.4, 0.5) is 0 Å². The molecular formula is C33H54O6. The van der Waals surface area contributed by atoms with Crippen LogP contribution in [0, 0.1) is 35.0 Å². The molecule has 0 radical (unpaired) electrons. The van der Waals surface area contributed by atoms with Gasteiger partial charge in [0.2, 0.25) is 0 Å². The van der Waals surface area contributed by atoms with Crippen LogP contribution < -0.4 is 0 Å². The topological polar surface area (TPSA) is 110 Å². The van der Waals surface area contributed by atoms with E-state index in [0.717, 1.165) is 35.3 Å². The Balaban J connectivity index is 1.50. The fourth-order valence-electron chi connectivity index (χ4n) is 8.58. The normalized spacial score (nSPS) is 44.3. The van der Waals surface area contributed by atoms with E-state index in [9.17, 15) is 25.5 Å². The third-order valence-corrected chi connectivity index (χ3v) is 10.8. The van der Waals surface area contributed by atoms with E-state index in [0.29, 0.717) is 24.2 Å². The van der Waals surface area contributed by atoms with Gasteiger partial charge in [-0.25, -0.2) is 0 Å². The van der Waals surface area contributed by atoms with Gasteiger partial charge in [0.15, 0.2) is 0 Å². The molecule has 6 heteroatoms. The molecule has 6 nitrogen and oxygen atoms in total. The van der Waals surface area contributed by atoms with Gasteiger partial charge in [-0.05, 0) is 85.2 Å². The number of rotatable bonds is 8. The first-order chi connectivity index (χ1) is 18.5. The van der Waals surface area contributed by atoms with Crippen LogP contribution in [0.3, 0.4) is 0 Å². The fourth-order valence-corrected chi connectivity index (χ4v) is 8.58. The molecule has 0 aromatic heterocycles. The maximum atomic E-state index is 10.8. The van der Waals surface area contributed by atoms with Gasteiger partial charge in [-0.2, -0.15) is 0 Å². The van der Waals surface area contributed by atoms with Crippen molar-refractivity contribution in [2.45, 2.75) is 129 Å². The zero-order valence-corrected chi connectivity index (χ0v) is 24.6. The number of aliphatic hydroxyl groups excluding tert-OH is 5. The van der Waals surface area contributed by atoms with Gasteiger partial charge in [0.1, 0.15) is 24.4 Å². The molecule has 4 aliphatic rings. The summed E-state index contributed by atoms with van der Waals surface area (Å²) < 4.78 is 5.85. The Morgan fingerprint density at radius 2 is 1.77 bits per heavy atom. The van der Waals surface area contributed by atoms with Gasteiger partial charge in [-0.1, -0.05) is 71.3 Å². The van der Waals surface area contributed by atoms with Crippen molar-refractivity contribution in [2.24, 2.45) is 35.0 Å². The lowest BCUT2D eigenvalue weighted by molar-refractivity contribution is -0.240. The highest BCUT2D eigenvalue weighted by Gasteiger charge is 2.51. The van der Waals surface area contributed by atoms with Crippen LogP contribution in [-0.4, -0.2) is 68.8 Å². The molecule has 4 fully saturated rings. The summed E-state index contributed by atoms with van der Waals surface area (Å²) in [6.07, 6.45) is 8.84. The molecule has 4 rings (SSSR count). The Bertz CT molecular complexity index is 908. The van der Waals surface area contributed by atoms with Crippen molar-refractivity contribution in [3.8, 4) is 0 Å². The molecule has 0 aromatic rings. The molecule has 222 valence electrons. The highest BCUT2D eigenvalue weighted by Crippen LogP contribution is 2.60. The lowest BCUT2D eigenvalue weighted by Gasteiger charge is -2.45. The van der Waals surface area contributed by atoms with Crippen LogP contribution in [0.1, 0.15) is 91.9 Å². The molecule has 1 unspecified atom stereocenters. The number of allylic oxidation sites excluding steroid dienone is 3. The van der Waals surface area contributed by atoms with Crippen molar-refractivity contribution >= 4 is 0 Å². The number of fused-ring (bicyclic) bond motifs is 1. The van der Waals surface area contributed by atoms with Crippen LogP contribution in [0.25, 0.3) is 0 Å². The zero-order valence-electron chi connectivity index (χ0n) is 24.6. The lowest BCUT2D eigenvalue weighted by atomic mass is 9.60. The molecule has 11 atom stereocenters. The Hall–Kier alpha value is -1.02. The number of ether oxygens (including phenoxy) is 1. The van der Waals surface area contributed by atoms with Gasteiger partial charge in [0.05, 0.1) is 18.8 Å². The van der Waals surface area contributed by atoms with E-state index in [1.807, 2.05) is 0 Å². The second kappa shape index (κ2) is 12.9. The maximum absolute atomic E-state index is 10.8. The molecule has 1 aliphatic heterocycles. The van der Waals surface area contributed by atoms with Gasteiger partial charge in [0, 0.05) is 5.92 Å². The van der Waals surface area contributed by atoms with Gasteiger partial charge in [0.25, 0.3) is 0 Å². The SMILES string of the molecule is C=C1/C(=C\C=C2CCC[C@@]3(C)C2CC[C@@H]3[C@H](C)CCCC(C)C)C[C@@H](O)C[C@@H]1[C@@H]1O[C@H](CO)[C@H](O)[C@H](O)[C@H]1O. The zero-order chi connectivity index (χ0) is 28.5. The van der Waals surface area contributed by atoms with Crippen LogP contribution in [0.15, 0.2) is 35.5 Å². The van der Waals surface area contributed by atoms with E-state index >= 15 is 0 Å². The van der Waals surface area contributed by atoms with Crippen molar-refractivity contribution in [1.29, 1.82) is 0 Å². The molecule has 0 bridgehead atoms. The van der Waals surface area contributed by atoms with E-state index in [1.165, 1.54) is 50.5 Å². The Kier molecular flexibility index (Phi) is 10.2. The molecule has 0 spiro atoms. The van der Waals surface area contributed by atoms with Gasteiger partial charge < -0.3 is 30.3 Å². The van der Waals surface area contributed by atoms with Crippen LogP contribution >= 0.6 is 0 Å². The van der Waals surface area contributed by atoms with Crippen LogP contribution in [0.5, 0.6) is 0 Å². The molecule has 3 aliphatic carbocycles. The smallest absolute Gasteiger partial charge is 0.111 e. The first-order valence-corrected chi connectivity index (χ1v) is 15.5. The Morgan fingerprint density at radius 1 is 1.03 bits per heavy atom. The second-order valence-electron chi connectivity index (χ2n) is 13.9. The number of aliphatic hydroxyl groups is 5.